The predicted octanol–water partition coefficient (Wildman–Crippen LogP) is 0.532. The van der Waals surface area contributed by atoms with Crippen LogP contribution in [0, 0.1) is 11.8 Å². The molecule has 5 nitrogen and oxygen atoms in total. The Hall–Kier alpha value is -1.39. The van der Waals surface area contributed by atoms with Crippen LogP contribution in [0.2, 0.25) is 0 Å². The summed E-state index contributed by atoms with van der Waals surface area (Å²) in [5.74, 6) is 5.57. The molecule has 0 bridgehead atoms. The lowest BCUT2D eigenvalue weighted by Gasteiger charge is -2.35. The number of hydrogen-bond donors (Lipinski definition) is 2. The average molecular weight is 308 g/mol. The molecule has 0 aromatic heterocycles. The Morgan fingerprint density at radius 1 is 1.38 bits per heavy atom. The third-order valence-electron chi connectivity index (χ3n) is 3.47. The first-order valence-electron chi connectivity index (χ1n) is 6.87. The fourth-order valence-electron chi connectivity index (χ4n) is 2.39. The largest absolute Gasteiger partial charge is 0.389 e. The average Bonchev–Trinajstić information content (AvgIpc) is 2.44. The number of benzene rings is 1. The van der Waals surface area contributed by atoms with Crippen molar-refractivity contribution < 1.29 is 13.5 Å². The van der Waals surface area contributed by atoms with Gasteiger partial charge in [0.05, 0.1) is 17.0 Å². The van der Waals surface area contributed by atoms with Crippen LogP contribution in [0.1, 0.15) is 25.3 Å². The molecule has 21 heavy (non-hydrogen) atoms. The van der Waals surface area contributed by atoms with Gasteiger partial charge >= 0.3 is 0 Å². The number of β-amino-alcohol motifs (C(OH)–C–C–N with tert-alkyl or cyclic N) is 1. The Bertz CT molecular complexity index is 654. The predicted molar refractivity (Wildman–Crippen MR) is 81.0 cm³/mol. The van der Waals surface area contributed by atoms with E-state index in [0.29, 0.717) is 19.4 Å². The molecule has 1 heterocycles. The van der Waals surface area contributed by atoms with Crippen LogP contribution >= 0.6 is 0 Å². The minimum Gasteiger partial charge on any atom is -0.389 e. The Labute approximate surface area is 125 Å². The first kappa shape index (κ1) is 16.0. The summed E-state index contributed by atoms with van der Waals surface area (Å²) in [5, 5.41) is 10.1. The lowest BCUT2D eigenvalue weighted by atomic mass is 9.97. The molecule has 0 aliphatic carbocycles. The molecule has 1 unspecified atom stereocenters. The van der Waals surface area contributed by atoms with E-state index < -0.39 is 15.6 Å². The summed E-state index contributed by atoms with van der Waals surface area (Å²) in [7, 11) is -3.57. The Balaban J connectivity index is 2.23. The molecule has 0 spiro atoms. The summed E-state index contributed by atoms with van der Waals surface area (Å²) in [5.41, 5.74) is 5.07. The summed E-state index contributed by atoms with van der Waals surface area (Å²) in [6.45, 7) is 2.50. The second kappa shape index (κ2) is 6.16. The van der Waals surface area contributed by atoms with E-state index in [0.717, 1.165) is 5.56 Å². The summed E-state index contributed by atoms with van der Waals surface area (Å²) in [4.78, 5) is 0.221. The van der Waals surface area contributed by atoms with E-state index in [1.165, 1.54) is 4.31 Å². The van der Waals surface area contributed by atoms with Gasteiger partial charge in [0, 0.05) is 18.7 Å². The number of sulfonamides is 1. The van der Waals surface area contributed by atoms with Gasteiger partial charge in [-0.15, -0.1) is 0 Å². The van der Waals surface area contributed by atoms with Crippen molar-refractivity contribution >= 4 is 10.0 Å². The van der Waals surface area contributed by atoms with Crippen LogP contribution in [0.25, 0.3) is 0 Å². The molecule has 1 aromatic carbocycles. The Morgan fingerprint density at radius 3 is 2.62 bits per heavy atom. The zero-order valence-corrected chi connectivity index (χ0v) is 12.9. The SMILES string of the molecule is CC1(O)CCCN(S(=O)(=O)c2ccc(C#CCN)cc2)C1. The van der Waals surface area contributed by atoms with E-state index in [1.54, 1.807) is 31.2 Å². The standard InChI is InChI=1S/C15H20N2O3S/c1-15(18)9-3-11-17(12-15)21(19,20)14-7-5-13(6-8-14)4-2-10-16/h5-8,18H,3,9-12,16H2,1H3. The molecule has 6 heteroatoms. The van der Waals surface area contributed by atoms with E-state index >= 15 is 0 Å². The van der Waals surface area contributed by atoms with E-state index in [2.05, 4.69) is 11.8 Å². The van der Waals surface area contributed by atoms with Crippen LogP contribution in [0.3, 0.4) is 0 Å². The van der Waals surface area contributed by atoms with Crippen molar-refractivity contribution in [2.75, 3.05) is 19.6 Å². The van der Waals surface area contributed by atoms with Gasteiger partial charge in [-0.25, -0.2) is 8.42 Å². The molecule has 1 atom stereocenters. The summed E-state index contributed by atoms with van der Waals surface area (Å²) < 4.78 is 26.5. The lowest BCUT2D eigenvalue weighted by Crippen LogP contribution is -2.48. The highest BCUT2D eigenvalue weighted by Gasteiger charge is 2.35. The molecular formula is C15H20N2O3S. The van der Waals surface area contributed by atoms with Crippen molar-refractivity contribution in [1.29, 1.82) is 0 Å². The highest BCUT2D eigenvalue weighted by Crippen LogP contribution is 2.26. The van der Waals surface area contributed by atoms with Gasteiger partial charge in [0.15, 0.2) is 0 Å². The molecule has 0 radical (unpaired) electrons. The van der Waals surface area contributed by atoms with Crippen molar-refractivity contribution in [1.82, 2.24) is 4.31 Å². The maximum Gasteiger partial charge on any atom is 0.243 e. The van der Waals surface area contributed by atoms with E-state index in [9.17, 15) is 13.5 Å². The molecule has 0 amide bonds. The minimum absolute atomic E-state index is 0.129. The number of rotatable bonds is 2. The van der Waals surface area contributed by atoms with Gasteiger partial charge in [-0.1, -0.05) is 11.8 Å². The first-order valence-corrected chi connectivity index (χ1v) is 8.31. The van der Waals surface area contributed by atoms with Crippen LogP contribution < -0.4 is 5.73 Å². The number of nitrogens with two attached hydrogens (primary N) is 1. The van der Waals surface area contributed by atoms with Crippen molar-refractivity contribution in [2.24, 2.45) is 5.73 Å². The molecule has 0 saturated carbocycles. The highest BCUT2D eigenvalue weighted by atomic mass is 32.2. The lowest BCUT2D eigenvalue weighted by molar-refractivity contribution is 0.00940. The van der Waals surface area contributed by atoms with Gasteiger partial charge in [-0.05, 0) is 44.0 Å². The third kappa shape index (κ3) is 3.83. The zero-order chi connectivity index (χ0) is 15.5. The van der Waals surface area contributed by atoms with E-state index in [4.69, 9.17) is 5.73 Å². The minimum atomic E-state index is -3.57. The van der Waals surface area contributed by atoms with Crippen LogP contribution in [0.15, 0.2) is 29.2 Å². The zero-order valence-electron chi connectivity index (χ0n) is 12.0. The fraction of sp³-hybridized carbons (Fsp3) is 0.467. The quantitative estimate of drug-likeness (QED) is 0.781. The van der Waals surface area contributed by atoms with E-state index in [1.807, 2.05) is 0 Å². The number of nitrogens with zero attached hydrogens (tertiary/aromatic N) is 1. The van der Waals surface area contributed by atoms with Crippen molar-refractivity contribution in [3.05, 3.63) is 29.8 Å². The fourth-order valence-corrected chi connectivity index (χ4v) is 3.99. The van der Waals surface area contributed by atoms with Gasteiger partial charge in [0.25, 0.3) is 0 Å². The van der Waals surface area contributed by atoms with Crippen LogP contribution in [-0.2, 0) is 10.0 Å². The maximum atomic E-state index is 12.6. The second-order valence-electron chi connectivity index (χ2n) is 5.47. The first-order chi connectivity index (χ1) is 9.85. The molecule has 1 saturated heterocycles. The maximum absolute atomic E-state index is 12.6. The monoisotopic (exact) mass is 308 g/mol. The van der Waals surface area contributed by atoms with Crippen molar-refractivity contribution in [2.45, 2.75) is 30.3 Å². The van der Waals surface area contributed by atoms with Gasteiger partial charge in [0.2, 0.25) is 10.0 Å². The highest BCUT2D eigenvalue weighted by molar-refractivity contribution is 7.89. The molecule has 1 aliphatic rings. The van der Waals surface area contributed by atoms with Crippen LogP contribution in [-0.4, -0.2) is 43.1 Å². The molecule has 114 valence electrons. The Morgan fingerprint density at radius 2 is 2.05 bits per heavy atom. The van der Waals surface area contributed by atoms with Gasteiger partial charge in [-0.2, -0.15) is 4.31 Å². The second-order valence-corrected chi connectivity index (χ2v) is 7.41. The smallest absolute Gasteiger partial charge is 0.243 e. The molecule has 1 aromatic rings. The van der Waals surface area contributed by atoms with Crippen molar-refractivity contribution in [3.8, 4) is 11.8 Å². The summed E-state index contributed by atoms with van der Waals surface area (Å²) >= 11 is 0. The summed E-state index contributed by atoms with van der Waals surface area (Å²) in [6, 6.07) is 6.41. The normalized spacial score (nSPS) is 23.4. The number of piperidine rings is 1. The molecule has 3 N–H and O–H groups in total. The van der Waals surface area contributed by atoms with Crippen LogP contribution in [0.5, 0.6) is 0 Å². The number of aliphatic hydroxyl groups is 1. The number of hydrogen-bond acceptors (Lipinski definition) is 4. The summed E-state index contributed by atoms with van der Waals surface area (Å²) in [6.07, 6.45) is 1.28. The van der Waals surface area contributed by atoms with Gasteiger partial charge in [-0.3, -0.25) is 0 Å². The molecule has 1 fully saturated rings. The van der Waals surface area contributed by atoms with Gasteiger partial charge in [0.1, 0.15) is 0 Å². The molecule has 1 aliphatic heterocycles. The Kier molecular flexibility index (Phi) is 4.69. The van der Waals surface area contributed by atoms with Crippen LogP contribution in [0.4, 0.5) is 0 Å². The molecular weight excluding hydrogens is 288 g/mol. The van der Waals surface area contributed by atoms with Crippen molar-refractivity contribution in [3.63, 3.8) is 0 Å². The third-order valence-corrected chi connectivity index (χ3v) is 5.33. The molecule has 2 rings (SSSR count). The van der Waals surface area contributed by atoms with Gasteiger partial charge < -0.3 is 10.8 Å². The topological polar surface area (TPSA) is 83.6 Å². The van der Waals surface area contributed by atoms with E-state index in [-0.39, 0.29) is 18.0 Å².